The van der Waals surface area contributed by atoms with Gasteiger partial charge in [0.25, 0.3) is 11.7 Å². The number of rotatable bonds is 5. The Morgan fingerprint density at radius 3 is 2.44 bits per heavy atom. The first kappa shape index (κ1) is 23.7. The molecule has 1 amide bonds. The van der Waals surface area contributed by atoms with Gasteiger partial charge in [0.1, 0.15) is 17.3 Å². The van der Waals surface area contributed by atoms with E-state index in [0.717, 1.165) is 5.56 Å². The van der Waals surface area contributed by atoms with E-state index in [1.165, 1.54) is 29.2 Å². The van der Waals surface area contributed by atoms with E-state index in [1.807, 2.05) is 13.8 Å². The van der Waals surface area contributed by atoms with Crippen LogP contribution in [0.2, 0.25) is 10.0 Å². The fourth-order valence-electron chi connectivity index (χ4n) is 4.01. The molecule has 174 valence electrons. The van der Waals surface area contributed by atoms with Gasteiger partial charge in [-0.25, -0.2) is 0 Å². The van der Waals surface area contributed by atoms with Crippen molar-refractivity contribution in [3.63, 3.8) is 0 Å². The number of carbonyl (C=O) groups excluding carboxylic acids is 2. The number of hydrogen-bond donors (Lipinski definition) is 2. The minimum absolute atomic E-state index is 0.0471. The van der Waals surface area contributed by atoms with E-state index in [0.29, 0.717) is 34.2 Å². The van der Waals surface area contributed by atoms with Crippen LogP contribution in [0.25, 0.3) is 5.76 Å². The van der Waals surface area contributed by atoms with Crippen molar-refractivity contribution in [1.29, 1.82) is 0 Å². The molecule has 0 aromatic heterocycles. The lowest BCUT2D eigenvalue weighted by atomic mass is 9.94. The van der Waals surface area contributed by atoms with Gasteiger partial charge in [-0.05, 0) is 73.5 Å². The lowest BCUT2D eigenvalue weighted by Gasteiger charge is -2.26. The highest BCUT2D eigenvalue weighted by atomic mass is 35.5. The highest BCUT2D eigenvalue weighted by Gasteiger charge is 2.47. The van der Waals surface area contributed by atoms with Crippen molar-refractivity contribution < 1.29 is 24.5 Å². The summed E-state index contributed by atoms with van der Waals surface area (Å²) < 4.78 is 5.56. The monoisotopic (exact) mass is 497 g/mol. The number of amides is 1. The SMILES string of the molecule is CCOc1ccc(/C(O)=C2\C(=O)C(=O)N(c3ccc(Cl)c(Cl)c3)C2c2cccc(O)c2)cc1C. The largest absolute Gasteiger partial charge is 0.508 e. The Balaban J connectivity index is 1.93. The number of aliphatic hydroxyl groups is 1. The number of ketones is 1. The number of phenols is 1. The average Bonchev–Trinajstić information content (AvgIpc) is 3.07. The van der Waals surface area contributed by atoms with Crippen molar-refractivity contribution in [3.8, 4) is 11.5 Å². The summed E-state index contributed by atoms with van der Waals surface area (Å²) in [7, 11) is 0. The molecule has 0 aliphatic carbocycles. The fourth-order valence-corrected chi connectivity index (χ4v) is 4.31. The number of phenolic OH excluding ortho intramolecular Hbond substituents is 1. The molecule has 0 bridgehead atoms. The van der Waals surface area contributed by atoms with Crippen LogP contribution in [0.1, 0.15) is 29.7 Å². The quantitative estimate of drug-likeness (QED) is 0.255. The van der Waals surface area contributed by atoms with Gasteiger partial charge < -0.3 is 14.9 Å². The summed E-state index contributed by atoms with van der Waals surface area (Å²) in [5.41, 5.74) is 1.78. The summed E-state index contributed by atoms with van der Waals surface area (Å²) in [6, 6.07) is 14.8. The van der Waals surface area contributed by atoms with Crippen LogP contribution in [0.3, 0.4) is 0 Å². The molecule has 0 spiro atoms. The number of aryl methyl sites for hydroxylation is 1. The lowest BCUT2D eigenvalue weighted by molar-refractivity contribution is -0.132. The third-order valence-corrected chi connectivity index (χ3v) is 6.30. The number of hydrogen-bond acceptors (Lipinski definition) is 5. The lowest BCUT2D eigenvalue weighted by Crippen LogP contribution is -2.29. The van der Waals surface area contributed by atoms with Crippen LogP contribution in [-0.4, -0.2) is 28.5 Å². The minimum Gasteiger partial charge on any atom is -0.508 e. The predicted molar refractivity (Wildman–Crippen MR) is 132 cm³/mol. The molecule has 8 heteroatoms. The predicted octanol–water partition coefficient (Wildman–Crippen LogP) is 6.03. The molecule has 3 aromatic carbocycles. The minimum atomic E-state index is -1.00. The van der Waals surface area contributed by atoms with Gasteiger partial charge in [0.2, 0.25) is 0 Å². The Morgan fingerprint density at radius 2 is 1.79 bits per heavy atom. The topological polar surface area (TPSA) is 87.1 Å². The number of aliphatic hydroxyl groups excluding tert-OH is 1. The van der Waals surface area contributed by atoms with Crippen LogP contribution in [-0.2, 0) is 9.59 Å². The third-order valence-electron chi connectivity index (χ3n) is 5.56. The van der Waals surface area contributed by atoms with E-state index in [-0.39, 0.29) is 22.1 Å². The van der Waals surface area contributed by atoms with Crippen LogP contribution >= 0.6 is 23.2 Å². The van der Waals surface area contributed by atoms with Crippen LogP contribution in [0, 0.1) is 6.92 Å². The molecule has 1 saturated heterocycles. The third kappa shape index (κ3) is 4.22. The molecule has 1 unspecified atom stereocenters. The Hall–Kier alpha value is -3.48. The van der Waals surface area contributed by atoms with Gasteiger partial charge in [-0.2, -0.15) is 0 Å². The van der Waals surface area contributed by atoms with E-state index in [9.17, 15) is 19.8 Å². The molecule has 0 radical (unpaired) electrons. The van der Waals surface area contributed by atoms with Gasteiger partial charge in [0.15, 0.2) is 0 Å². The maximum atomic E-state index is 13.2. The Morgan fingerprint density at radius 1 is 1.03 bits per heavy atom. The molecule has 6 nitrogen and oxygen atoms in total. The van der Waals surface area contributed by atoms with Crippen molar-refractivity contribution in [2.75, 3.05) is 11.5 Å². The van der Waals surface area contributed by atoms with E-state index in [2.05, 4.69) is 0 Å². The van der Waals surface area contributed by atoms with Crippen LogP contribution in [0.5, 0.6) is 11.5 Å². The van der Waals surface area contributed by atoms with Crippen molar-refractivity contribution in [2.24, 2.45) is 0 Å². The summed E-state index contributed by atoms with van der Waals surface area (Å²) in [4.78, 5) is 27.7. The molecule has 34 heavy (non-hydrogen) atoms. The second-order valence-electron chi connectivity index (χ2n) is 7.78. The maximum absolute atomic E-state index is 13.2. The molecule has 1 heterocycles. The van der Waals surface area contributed by atoms with Gasteiger partial charge >= 0.3 is 0 Å². The molecular formula is C26H21Cl2NO5. The normalized spacial score (nSPS) is 17.3. The fraction of sp³-hybridized carbons (Fsp3) is 0.154. The zero-order valence-electron chi connectivity index (χ0n) is 18.4. The number of nitrogens with zero attached hydrogens (tertiary/aromatic N) is 1. The number of anilines is 1. The number of aromatic hydroxyl groups is 1. The summed E-state index contributed by atoms with van der Waals surface area (Å²) in [5, 5.41) is 21.8. The Bertz CT molecular complexity index is 1330. The molecule has 4 rings (SSSR count). The molecule has 1 atom stereocenters. The molecule has 3 aromatic rings. The molecule has 0 saturated carbocycles. The summed E-state index contributed by atoms with van der Waals surface area (Å²) in [5.74, 6) is -1.42. The highest BCUT2D eigenvalue weighted by molar-refractivity contribution is 6.52. The molecule has 1 aliphatic heterocycles. The first-order valence-corrected chi connectivity index (χ1v) is 11.3. The van der Waals surface area contributed by atoms with Crippen LogP contribution in [0.15, 0.2) is 66.2 Å². The smallest absolute Gasteiger partial charge is 0.300 e. The van der Waals surface area contributed by atoms with Gasteiger partial charge in [0, 0.05) is 11.3 Å². The maximum Gasteiger partial charge on any atom is 0.300 e. The van der Waals surface area contributed by atoms with Crippen molar-refractivity contribution in [2.45, 2.75) is 19.9 Å². The first-order valence-electron chi connectivity index (χ1n) is 10.5. The zero-order chi connectivity index (χ0) is 24.6. The number of carbonyl (C=O) groups is 2. The number of benzene rings is 3. The highest BCUT2D eigenvalue weighted by Crippen LogP contribution is 2.44. The molecule has 2 N–H and O–H groups in total. The van der Waals surface area contributed by atoms with E-state index in [1.54, 1.807) is 36.4 Å². The van der Waals surface area contributed by atoms with Gasteiger partial charge in [0.05, 0.1) is 28.3 Å². The van der Waals surface area contributed by atoms with Crippen LogP contribution in [0.4, 0.5) is 5.69 Å². The number of ether oxygens (including phenoxy) is 1. The Labute approximate surface area is 206 Å². The van der Waals surface area contributed by atoms with Gasteiger partial charge in [-0.1, -0.05) is 35.3 Å². The van der Waals surface area contributed by atoms with Crippen molar-refractivity contribution in [3.05, 3.63) is 93.0 Å². The van der Waals surface area contributed by atoms with Gasteiger partial charge in [-0.3, -0.25) is 14.5 Å². The van der Waals surface area contributed by atoms with Gasteiger partial charge in [-0.15, -0.1) is 0 Å². The summed E-state index contributed by atoms with van der Waals surface area (Å²) >= 11 is 12.2. The van der Waals surface area contributed by atoms with E-state index in [4.69, 9.17) is 27.9 Å². The molecular weight excluding hydrogens is 477 g/mol. The van der Waals surface area contributed by atoms with Crippen molar-refractivity contribution >= 4 is 46.3 Å². The van der Waals surface area contributed by atoms with Crippen molar-refractivity contribution in [1.82, 2.24) is 0 Å². The second kappa shape index (κ2) is 9.41. The standard InChI is InChI=1S/C26H21Cl2NO5/c1-3-34-21-10-7-16(11-14(21)2)24(31)22-23(15-5-4-6-18(30)12-15)29(26(33)25(22)32)17-8-9-19(27)20(28)13-17/h4-13,23,30-31H,3H2,1-2H3/b24-22+. The summed E-state index contributed by atoms with van der Waals surface area (Å²) in [6.45, 7) is 4.17. The number of Topliss-reactive ketones (excluding diaryl/α,β-unsaturated/α-hetero) is 1. The van der Waals surface area contributed by atoms with Crippen LogP contribution < -0.4 is 9.64 Å². The van der Waals surface area contributed by atoms with E-state index < -0.39 is 17.7 Å². The Kier molecular flexibility index (Phi) is 6.55. The zero-order valence-corrected chi connectivity index (χ0v) is 19.9. The molecule has 1 fully saturated rings. The molecule has 1 aliphatic rings. The van der Waals surface area contributed by atoms with E-state index >= 15 is 0 Å². The average molecular weight is 498 g/mol. The first-order chi connectivity index (χ1) is 16.2. The second-order valence-corrected chi connectivity index (χ2v) is 8.59. The number of halogens is 2. The summed E-state index contributed by atoms with van der Waals surface area (Å²) in [6.07, 6.45) is 0.